The maximum absolute atomic E-state index is 11.3. The topological polar surface area (TPSA) is 58.6 Å². The van der Waals surface area contributed by atoms with Crippen LogP contribution < -0.4 is 5.32 Å². The van der Waals surface area contributed by atoms with Crippen LogP contribution in [0, 0.1) is 0 Å². The van der Waals surface area contributed by atoms with Crippen LogP contribution in [-0.4, -0.2) is 22.7 Å². The number of rotatable bonds is 3. The molecule has 0 unspecified atom stereocenters. The lowest BCUT2D eigenvalue weighted by Gasteiger charge is -2.07. The van der Waals surface area contributed by atoms with Crippen LogP contribution in [0.4, 0.5) is 0 Å². The molecule has 0 saturated heterocycles. The number of hydrogen-bond acceptors (Lipinski definition) is 4. The van der Waals surface area contributed by atoms with Gasteiger partial charge in [0.1, 0.15) is 22.9 Å². The van der Waals surface area contributed by atoms with E-state index in [1.165, 1.54) is 0 Å². The summed E-state index contributed by atoms with van der Waals surface area (Å²) in [6.07, 6.45) is 0. The quantitative estimate of drug-likeness (QED) is 0.627. The lowest BCUT2D eigenvalue weighted by Crippen LogP contribution is -2.25. The molecule has 0 fully saturated rings. The van der Waals surface area contributed by atoms with E-state index in [4.69, 9.17) is 12.2 Å². The number of carbonyl (C=O) groups excluding carboxylic acids is 1. The van der Waals surface area contributed by atoms with Crippen molar-refractivity contribution < 1.29 is 14.6 Å². The van der Waals surface area contributed by atoms with Crippen LogP contribution in [0.2, 0.25) is 0 Å². The van der Waals surface area contributed by atoms with Gasteiger partial charge >= 0.3 is 5.97 Å². The van der Waals surface area contributed by atoms with Gasteiger partial charge in [-0.25, -0.2) is 4.79 Å². The number of hydrogen-bond donors (Lipinski definition) is 2. The third kappa shape index (κ3) is 2.62. The highest BCUT2D eigenvalue weighted by atomic mass is 32.1. The summed E-state index contributed by atoms with van der Waals surface area (Å²) in [5, 5.41) is 12.3. The van der Waals surface area contributed by atoms with E-state index >= 15 is 0 Å². The fraction of sp³-hybridized carbons (Fsp3) is 0.167. The lowest BCUT2D eigenvalue weighted by atomic mass is 10.2. The SMILES string of the molecule is O=C1OCC(O)=C1C(=S)NCc1ccccc1. The highest BCUT2D eigenvalue weighted by molar-refractivity contribution is 7.80. The van der Waals surface area contributed by atoms with E-state index in [1.807, 2.05) is 30.3 Å². The van der Waals surface area contributed by atoms with Crippen molar-refractivity contribution in [3.63, 3.8) is 0 Å². The first-order valence-corrected chi connectivity index (χ1v) is 5.50. The summed E-state index contributed by atoms with van der Waals surface area (Å²) in [6, 6.07) is 9.64. The Balaban J connectivity index is 1.99. The smallest absolute Gasteiger partial charge is 0.345 e. The van der Waals surface area contributed by atoms with Crippen LogP contribution >= 0.6 is 12.2 Å². The first-order chi connectivity index (χ1) is 8.18. The Morgan fingerprint density at radius 1 is 1.41 bits per heavy atom. The van der Waals surface area contributed by atoms with E-state index in [0.29, 0.717) is 6.54 Å². The molecular formula is C12H11NO3S. The second-order valence-electron chi connectivity index (χ2n) is 3.57. The van der Waals surface area contributed by atoms with Crippen LogP contribution in [0.3, 0.4) is 0 Å². The van der Waals surface area contributed by atoms with Crippen LogP contribution in [0.1, 0.15) is 5.56 Å². The molecular weight excluding hydrogens is 238 g/mol. The van der Waals surface area contributed by atoms with Crippen LogP contribution in [0.25, 0.3) is 0 Å². The van der Waals surface area contributed by atoms with E-state index in [2.05, 4.69) is 10.1 Å². The van der Waals surface area contributed by atoms with E-state index in [1.54, 1.807) is 0 Å². The van der Waals surface area contributed by atoms with Crippen LogP contribution in [-0.2, 0) is 16.1 Å². The van der Waals surface area contributed by atoms with Crippen LogP contribution in [0.15, 0.2) is 41.7 Å². The average molecular weight is 249 g/mol. The van der Waals surface area contributed by atoms with Crippen molar-refractivity contribution in [3.05, 3.63) is 47.2 Å². The fourth-order valence-electron chi connectivity index (χ4n) is 1.49. The van der Waals surface area contributed by atoms with Gasteiger partial charge in [-0.3, -0.25) is 0 Å². The van der Waals surface area contributed by atoms with Gasteiger partial charge in [0, 0.05) is 6.54 Å². The molecule has 17 heavy (non-hydrogen) atoms. The minimum Gasteiger partial charge on any atom is -0.508 e. The largest absolute Gasteiger partial charge is 0.508 e. The van der Waals surface area contributed by atoms with E-state index in [9.17, 15) is 9.90 Å². The molecule has 0 amide bonds. The molecule has 5 heteroatoms. The van der Waals surface area contributed by atoms with Gasteiger partial charge in [-0.2, -0.15) is 0 Å². The van der Waals surface area contributed by atoms with E-state index in [0.717, 1.165) is 5.56 Å². The van der Waals surface area contributed by atoms with Gasteiger partial charge in [0.05, 0.1) is 0 Å². The highest BCUT2D eigenvalue weighted by Gasteiger charge is 2.27. The molecule has 4 nitrogen and oxygen atoms in total. The van der Waals surface area contributed by atoms with Gasteiger partial charge in [0.25, 0.3) is 0 Å². The monoisotopic (exact) mass is 249 g/mol. The number of carbonyl (C=O) groups is 1. The molecule has 0 aromatic heterocycles. The van der Waals surface area contributed by atoms with Crippen molar-refractivity contribution in [3.8, 4) is 0 Å². The summed E-state index contributed by atoms with van der Waals surface area (Å²) in [5.74, 6) is -0.686. The van der Waals surface area contributed by atoms with Crippen molar-refractivity contribution in [2.45, 2.75) is 6.54 Å². The maximum atomic E-state index is 11.3. The molecule has 1 aromatic carbocycles. The molecule has 0 radical (unpaired) electrons. The molecule has 88 valence electrons. The first kappa shape index (κ1) is 11.6. The highest BCUT2D eigenvalue weighted by Crippen LogP contribution is 2.14. The number of aliphatic hydroxyl groups excluding tert-OH is 1. The molecule has 1 aromatic rings. The molecule has 0 atom stereocenters. The molecule has 0 aliphatic carbocycles. The van der Waals surface area contributed by atoms with Crippen molar-refractivity contribution in [1.82, 2.24) is 5.32 Å². The Morgan fingerprint density at radius 3 is 2.71 bits per heavy atom. The van der Waals surface area contributed by atoms with Crippen LogP contribution in [0.5, 0.6) is 0 Å². The van der Waals surface area contributed by atoms with Gasteiger partial charge in [-0.1, -0.05) is 42.5 Å². The second kappa shape index (κ2) is 4.97. The van der Waals surface area contributed by atoms with Crippen molar-refractivity contribution in [2.75, 3.05) is 6.61 Å². The minimum atomic E-state index is -0.576. The van der Waals surface area contributed by atoms with Crippen molar-refractivity contribution in [2.24, 2.45) is 0 Å². The average Bonchev–Trinajstić information content (AvgIpc) is 2.67. The Hall–Kier alpha value is -1.88. The molecule has 0 spiro atoms. The zero-order valence-electron chi connectivity index (χ0n) is 8.97. The Bertz CT molecular complexity index is 482. The van der Waals surface area contributed by atoms with Gasteiger partial charge in [-0.05, 0) is 5.56 Å². The summed E-state index contributed by atoms with van der Waals surface area (Å²) < 4.78 is 4.66. The summed E-state index contributed by atoms with van der Waals surface area (Å²) in [6.45, 7) is 0.408. The van der Waals surface area contributed by atoms with Gasteiger partial charge in [0.15, 0.2) is 0 Å². The van der Waals surface area contributed by atoms with E-state index in [-0.39, 0.29) is 22.9 Å². The molecule has 1 aliphatic rings. The Kier molecular flexibility index (Phi) is 3.39. The van der Waals surface area contributed by atoms with Crippen molar-refractivity contribution >= 4 is 23.2 Å². The number of ether oxygens (including phenoxy) is 1. The Morgan fingerprint density at radius 2 is 2.12 bits per heavy atom. The number of thiocarbonyl (C=S) groups is 1. The third-order valence-corrected chi connectivity index (χ3v) is 2.70. The molecule has 0 saturated carbocycles. The summed E-state index contributed by atoms with van der Waals surface area (Å²) in [5.41, 5.74) is 1.11. The zero-order chi connectivity index (χ0) is 12.3. The summed E-state index contributed by atoms with van der Waals surface area (Å²) in [7, 11) is 0. The maximum Gasteiger partial charge on any atom is 0.345 e. The third-order valence-electron chi connectivity index (χ3n) is 2.36. The molecule has 2 N–H and O–H groups in total. The minimum absolute atomic E-state index is 0.0657. The van der Waals surface area contributed by atoms with Gasteiger partial charge in [-0.15, -0.1) is 0 Å². The number of nitrogens with one attached hydrogen (secondary N) is 1. The summed E-state index contributed by atoms with van der Waals surface area (Å²) >= 11 is 5.04. The normalized spacial score (nSPS) is 14.7. The van der Waals surface area contributed by atoms with Crippen molar-refractivity contribution in [1.29, 1.82) is 0 Å². The molecule has 0 bridgehead atoms. The zero-order valence-corrected chi connectivity index (χ0v) is 9.79. The van der Waals surface area contributed by atoms with Gasteiger partial charge < -0.3 is 15.2 Å². The standard InChI is InChI=1S/C12H11NO3S/c14-9-7-16-12(15)10(9)11(17)13-6-8-4-2-1-3-5-8/h1-5,14H,6-7H2,(H,13,17). The van der Waals surface area contributed by atoms with E-state index < -0.39 is 5.97 Å². The second-order valence-corrected chi connectivity index (χ2v) is 3.97. The predicted molar refractivity (Wildman–Crippen MR) is 66.5 cm³/mol. The predicted octanol–water partition coefficient (Wildman–Crippen LogP) is 1.47. The first-order valence-electron chi connectivity index (χ1n) is 5.10. The lowest BCUT2D eigenvalue weighted by molar-refractivity contribution is -0.135. The summed E-state index contributed by atoms with van der Waals surface area (Å²) in [4.78, 5) is 11.5. The molecule has 2 rings (SSSR count). The number of aliphatic hydroxyl groups is 1. The number of esters is 1. The number of benzene rings is 1. The number of cyclic esters (lactones) is 1. The fourth-order valence-corrected chi connectivity index (χ4v) is 1.76. The molecule has 1 aliphatic heterocycles. The molecule has 1 heterocycles. The Labute approximate surface area is 104 Å². The van der Waals surface area contributed by atoms with Gasteiger partial charge in [0.2, 0.25) is 0 Å².